The van der Waals surface area contributed by atoms with Gasteiger partial charge in [-0.05, 0) is 32.3 Å². The van der Waals surface area contributed by atoms with Crippen molar-refractivity contribution in [2.75, 3.05) is 6.54 Å². The Labute approximate surface area is 123 Å². The number of rotatable bonds is 3. The van der Waals surface area contributed by atoms with Crippen molar-refractivity contribution in [1.29, 1.82) is 0 Å². The Morgan fingerprint density at radius 1 is 1.43 bits per heavy atom. The van der Waals surface area contributed by atoms with Crippen molar-refractivity contribution in [2.45, 2.75) is 33.2 Å². The van der Waals surface area contributed by atoms with Crippen LogP contribution in [0.15, 0.2) is 18.5 Å². The van der Waals surface area contributed by atoms with E-state index in [4.69, 9.17) is 0 Å². The molecule has 21 heavy (non-hydrogen) atoms. The molecule has 0 spiro atoms. The van der Waals surface area contributed by atoms with Gasteiger partial charge in [-0.25, -0.2) is 15.0 Å². The quantitative estimate of drug-likeness (QED) is 0.922. The molecule has 0 aliphatic carbocycles. The van der Waals surface area contributed by atoms with E-state index in [1.54, 1.807) is 13.0 Å². The van der Waals surface area contributed by atoms with Crippen molar-refractivity contribution in [2.24, 2.45) is 5.92 Å². The molecule has 3 rings (SSSR count). The standard InChI is InChI=1S/C15H19N5O/c1-10-7-13(19-11(2)18-10)15(21)17-9-12-3-5-20-6-4-16-14(20)8-12/h4,6-7,12H,3,5,8-9H2,1-2H3,(H,17,21). The second-order valence-electron chi connectivity index (χ2n) is 5.55. The van der Waals surface area contributed by atoms with Crippen molar-refractivity contribution >= 4 is 5.91 Å². The number of amides is 1. The summed E-state index contributed by atoms with van der Waals surface area (Å²) in [5.74, 6) is 2.04. The Morgan fingerprint density at radius 3 is 3.10 bits per heavy atom. The lowest BCUT2D eigenvalue weighted by Gasteiger charge is -2.23. The number of nitrogens with zero attached hydrogens (tertiary/aromatic N) is 4. The second kappa shape index (κ2) is 5.63. The molecule has 0 saturated heterocycles. The highest BCUT2D eigenvalue weighted by Crippen LogP contribution is 2.18. The predicted molar refractivity (Wildman–Crippen MR) is 77.9 cm³/mol. The lowest BCUT2D eigenvalue weighted by Crippen LogP contribution is -2.33. The monoisotopic (exact) mass is 285 g/mol. The molecular weight excluding hydrogens is 266 g/mol. The molecule has 6 heteroatoms. The van der Waals surface area contributed by atoms with E-state index in [-0.39, 0.29) is 5.91 Å². The summed E-state index contributed by atoms with van der Waals surface area (Å²) in [6.07, 6.45) is 5.82. The van der Waals surface area contributed by atoms with E-state index in [9.17, 15) is 4.79 Å². The van der Waals surface area contributed by atoms with Crippen LogP contribution in [0.5, 0.6) is 0 Å². The molecule has 0 radical (unpaired) electrons. The fourth-order valence-electron chi connectivity index (χ4n) is 2.75. The molecular formula is C15H19N5O. The van der Waals surface area contributed by atoms with Crippen molar-refractivity contribution < 1.29 is 4.79 Å². The van der Waals surface area contributed by atoms with Gasteiger partial charge in [0, 0.05) is 37.6 Å². The minimum absolute atomic E-state index is 0.127. The van der Waals surface area contributed by atoms with Crippen molar-refractivity contribution in [1.82, 2.24) is 24.8 Å². The highest BCUT2D eigenvalue weighted by atomic mass is 16.1. The Hall–Kier alpha value is -2.24. The Bertz CT molecular complexity index is 644. The van der Waals surface area contributed by atoms with E-state index in [0.29, 0.717) is 24.0 Å². The molecule has 110 valence electrons. The molecule has 2 aromatic rings. The van der Waals surface area contributed by atoms with Gasteiger partial charge in [-0.15, -0.1) is 0 Å². The number of nitrogens with one attached hydrogen (secondary N) is 1. The van der Waals surface area contributed by atoms with Crippen LogP contribution in [0.4, 0.5) is 0 Å². The molecule has 1 atom stereocenters. The lowest BCUT2D eigenvalue weighted by molar-refractivity contribution is 0.0939. The Balaban J connectivity index is 1.59. The van der Waals surface area contributed by atoms with Crippen LogP contribution in [0.3, 0.4) is 0 Å². The summed E-state index contributed by atoms with van der Waals surface area (Å²) in [6, 6.07) is 1.72. The van der Waals surface area contributed by atoms with E-state index in [1.807, 2.05) is 19.3 Å². The van der Waals surface area contributed by atoms with Gasteiger partial charge in [0.15, 0.2) is 0 Å². The fraction of sp³-hybridized carbons (Fsp3) is 0.467. The van der Waals surface area contributed by atoms with Crippen LogP contribution in [0.25, 0.3) is 0 Å². The third-order valence-electron chi connectivity index (χ3n) is 3.80. The SMILES string of the molecule is Cc1cc(C(=O)NCC2CCn3ccnc3C2)nc(C)n1. The molecule has 0 saturated carbocycles. The van der Waals surface area contributed by atoms with E-state index in [2.05, 4.69) is 24.8 Å². The van der Waals surface area contributed by atoms with Gasteiger partial charge in [0.05, 0.1) is 0 Å². The van der Waals surface area contributed by atoms with Crippen LogP contribution in [-0.4, -0.2) is 32.0 Å². The number of hydrogen-bond donors (Lipinski definition) is 1. The summed E-state index contributed by atoms with van der Waals surface area (Å²) < 4.78 is 2.18. The minimum Gasteiger partial charge on any atom is -0.350 e. The normalized spacial score (nSPS) is 17.3. The number of hydrogen-bond acceptors (Lipinski definition) is 4. The van der Waals surface area contributed by atoms with Gasteiger partial charge in [-0.1, -0.05) is 0 Å². The maximum Gasteiger partial charge on any atom is 0.270 e. The summed E-state index contributed by atoms with van der Waals surface area (Å²) in [7, 11) is 0. The largest absolute Gasteiger partial charge is 0.350 e. The van der Waals surface area contributed by atoms with Gasteiger partial charge >= 0.3 is 0 Å². The van der Waals surface area contributed by atoms with Crippen molar-refractivity contribution in [3.8, 4) is 0 Å². The molecule has 1 unspecified atom stereocenters. The smallest absolute Gasteiger partial charge is 0.270 e. The number of aryl methyl sites for hydroxylation is 3. The van der Waals surface area contributed by atoms with Crippen LogP contribution in [0, 0.1) is 19.8 Å². The van der Waals surface area contributed by atoms with Gasteiger partial charge in [0.1, 0.15) is 17.3 Å². The van der Waals surface area contributed by atoms with E-state index >= 15 is 0 Å². The van der Waals surface area contributed by atoms with Crippen LogP contribution in [0.2, 0.25) is 0 Å². The van der Waals surface area contributed by atoms with Gasteiger partial charge in [0.25, 0.3) is 5.91 Å². The molecule has 1 amide bonds. The fourth-order valence-corrected chi connectivity index (χ4v) is 2.75. The number of carbonyl (C=O) groups excluding carboxylic acids is 1. The zero-order chi connectivity index (χ0) is 14.8. The molecule has 0 bridgehead atoms. The first-order valence-electron chi connectivity index (χ1n) is 7.22. The number of imidazole rings is 1. The zero-order valence-electron chi connectivity index (χ0n) is 12.3. The van der Waals surface area contributed by atoms with Crippen molar-refractivity contribution in [3.63, 3.8) is 0 Å². The first-order valence-corrected chi connectivity index (χ1v) is 7.22. The van der Waals surface area contributed by atoms with E-state index in [1.165, 1.54) is 0 Å². The highest BCUT2D eigenvalue weighted by molar-refractivity contribution is 5.92. The predicted octanol–water partition coefficient (Wildman–Crippen LogP) is 1.28. The first-order chi connectivity index (χ1) is 10.1. The maximum absolute atomic E-state index is 12.2. The van der Waals surface area contributed by atoms with E-state index in [0.717, 1.165) is 30.9 Å². The maximum atomic E-state index is 12.2. The average molecular weight is 285 g/mol. The molecule has 1 aliphatic heterocycles. The minimum atomic E-state index is -0.127. The van der Waals surface area contributed by atoms with Crippen LogP contribution < -0.4 is 5.32 Å². The summed E-state index contributed by atoms with van der Waals surface area (Å²) >= 11 is 0. The third-order valence-corrected chi connectivity index (χ3v) is 3.80. The van der Waals surface area contributed by atoms with Crippen LogP contribution >= 0.6 is 0 Å². The lowest BCUT2D eigenvalue weighted by atomic mass is 9.98. The molecule has 0 fully saturated rings. The number of fused-ring (bicyclic) bond motifs is 1. The van der Waals surface area contributed by atoms with Crippen LogP contribution in [-0.2, 0) is 13.0 Å². The summed E-state index contributed by atoms with van der Waals surface area (Å²) in [4.78, 5) is 24.9. The van der Waals surface area contributed by atoms with Gasteiger partial charge < -0.3 is 9.88 Å². The zero-order valence-corrected chi connectivity index (χ0v) is 12.3. The molecule has 6 nitrogen and oxygen atoms in total. The highest BCUT2D eigenvalue weighted by Gasteiger charge is 2.20. The van der Waals surface area contributed by atoms with Crippen LogP contribution in [0.1, 0.15) is 34.3 Å². The molecule has 3 heterocycles. The van der Waals surface area contributed by atoms with E-state index < -0.39 is 0 Å². The van der Waals surface area contributed by atoms with Crippen molar-refractivity contribution in [3.05, 3.63) is 41.5 Å². The molecule has 2 aromatic heterocycles. The topological polar surface area (TPSA) is 72.7 Å². The number of aromatic nitrogens is 4. The summed E-state index contributed by atoms with van der Waals surface area (Å²) in [5.41, 5.74) is 1.25. The number of carbonyl (C=O) groups is 1. The molecule has 1 aliphatic rings. The molecule has 0 aromatic carbocycles. The third kappa shape index (κ3) is 3.09. The summed E-state index contributed by atoms with van der Waals surface area (Å²) in [6.45, 7) is 5.30. The molecule has 1 N–H and O–H groups in total. The van der Waals surface area contributed by atoms with Gasteiger partial charge in [-0.3, -0.25) is 4.79 Å². The van der Waals surface area contributed by atoms with Gasteiger partial charge in [0.2, 0.25) is 0 Å². The first kappa shape index (κ1) is 13.7. The summed E-state index contributed by atoms with van der Waals surface area (Å²) in [5, 5.41) is 2.98. The van der Waals surface area contributed by atoms with Gasteiger partial charge in [-0.2, -0.15) is 0 Å². The average Bonchev–Trinajstić information content (AvgIpc) is 2.91. The Kier molecular flexibility index (Phi) is 3.68. The second-order valence-corrected chi connectivity index (χ2v) is 5.55. The Morgan fingerprint density at radius 2 is 2.29 bits per heavy atom.